The Morgan fingerprint density at radius 1 is 1.53 bits per heavy atom. The Hall–Kier alpha value is -2.19. The van der Waals surface area contributed by atoms with Crippen LogP contribution >= 0.6 is 11.3 Å². The summed E-state index contributed by atoms with van der Waals surface area (Å²) in [6, 6.07) is 4.56. The third kappa shape index (κ3) is 3.18. The van der Waals surface area contributed by atoms with Gasteiger partial charge in [-0.2, -0.15) is 11.3 Å². The van der Waals surface area contributed by atoms with Crippen LogP contribution in [0, 0.1) is 10.1 Å². The molecular weight excluding hydrogens is 268 g/mol. The summed E-state index contributed by atoms with van der Waals surface area (Å²) in [5, 5.41) is 27.0. The Kier molecular flexibility index (Phi) is 3.93. The SMILES string of the molecule is Nc1nc(NCC(O)c2ccsc2)ccc1[N+](=O)[O-]. The molecule has 2 aromatic heterocycles. The normalized spacial score (nSPS) is 12.1. The van der Waals surface area contributed by atoms with E-state index in [1.54, 1.807) is 0 Å². The number of hydrogen-bond acceptors (Lipinski definition) is 7. The van der Waals surface area contributed by atoms with Gasteiger partial charge in [-0.1, -0.05) is 0 Å². The summed E-state index contributed by atoms with van der Waals surface area (Å²) in [6.07, 6.45) is -0.663. The molecule has 0 aliphatic carbocycles. The van der Waals surface area contributed by atoms with Crippen molar-refractivity contribution in [3.63, 3.8) is 0 Å². The Morgan fingerprint density at radius 2 is 2.32 bits per heavy atom. The van der Waals surface area contributed by atoms with E-state index in [2.05, 4.69) is 10.3 Å². The fraction of sp³-hybridized carbons (Fsp3) is 0.182. The summed E-state index contributed by atoms with van der Waals surface area (Å²) in [5.41, 5.74) is 6.05. The second-order valence-corrected chi connectivity index (χ2v) is 4.59. The van der Waals surface area contributed by atoms with Gasteiger partial charge in [0.1, 0.15) is 5.82 Å². The lowest BCUT2D eigenvalue weighted by Crippen LogP contribution is -2.13. The summed E-state index contributed by atoms with van der Waals surface area (Å²) < 4.78 is 0. The van der Waals surface area contributed by atoms with E-state index in [-0.39, 0.29) is 18.1 Å². The number of nitrogens with one attached hydrogen (secondary N) is 1. The Labute approximate surface area is 112 Å². The number of nitrogens with two attached hydrogens (primary N) is 1. The van der Waals surface area contributed by atoms with Gasteiger partial charge in [-0.25, -0.2) is 4.98 Å². The highest BCUT2D eigenvalue weighted by molar-refractivity contribution is 7.07. The lowest BCUT2D eigenvalue weighted by atomic mass is 10.2. The van der Waals surface area contributed by atoms with E-state index in [4.69, 9.17) is 5.73 Å². The number of pyridine rings is 1. The lowest BCUT2D eigenvalue weighted by molar-refractivity contribution is -0.384. The van der Waals surface area contributed by atoms with Crippen LogP contribution in [0.2, 0.25) is 0 Å². The van der Waals surface area contributed by atoms with Crippen LogP contribution < -0.4 is 11.1 Å². The van der Waals surface area contributed by atoms with Crippen LogP contribution in [-0.2, 0) is 0 Å². The van der Waals surface area contributed by atoms with Crippen molar-refractivity contribution in [3.8, 4) is 0 Å². The van der Waals surface area contributed by atoms with E-state index in [1.165, 1.54) is 23.5 Å². The van der Waals surface area contributed by atoms with Crippen LogP contribution in [0.3, 0.4) is 0 Å². The van der Waals surface area contributed by atoms with Gasteiger partial charge in [0.25, 0.3) is 0 Å². The molecule has 0 aliphatic rings. The van der Waals surface area contributed by atoms with Gasteiger partial charge < -0.3 is 16.2 Å². The largest absolute Gasteiger partial charge is 0.387 e. The topological polar surface area (TPSA) is 114 Å². The second-order valence-electron chi connectivity index (χ2n) is 3.81. The highest BCUT2D eigenvalue weighted by Gasteiger charge is 2.13. The number of nitrogens with zero attached hydrogens (tertiary/aromatic N) is 2. The lowest BCUT2D eigenvalue weighted by Gasteiger charge is -2.11. The minimum atomic E-state index is -0.663. The molecule has 8 heteroatoms. The zero-order valence-electron chi connectivity index (χ0n) is 9.81. The molecule has 2 aromatic rings. The van der Waals surface area contributed by atoms with Gasteiger partial charge >= 0.3 is 5.69 Å². The van der Waals surface area contributed by atoms with E-state index in [0.29, 0.717) is 5.82 Å². The molecule has 2 heterocycles. The summed E-state index contributed by atoms with van der Waals surface area (Å²) in [7, 11) is 0. The number of thiophene rings is 1. The van der Waals surface area contributed by atoms with Gasteiger partial charge in [0.2, 0.25) is 5.82 Å². The minimum Gasteiger partial charge on any atom is -0.387 e. The predicted octanol–water partition coefficient (Wildman–Crippen LogP) is 1.78. The van der Waals surface area contributed by atoms with Gasteiger partial charge in [0.15, 0.2) is 0 Å². The molecule has 1 unspecified atom stereocenters. The smallest absolute Gasteiger partial charge is 0.311 e. The van der Waals surface area contributed by atoms with Gasteiger partial charge in [-0.3, -0.25) is 10.1 Å². The molecule has 19 heavy (non-hydrogen) atoms. The molecule has 4 N–H and O–H groups in total. The number of aromatic nitrogens is 1. The first-order chi connectivity index (χ1) is 9.08. The number of anilines is 2. The maximum atomic E-state index is 10.6. The summed E-state index contributed by atoms with van der Waals surface area (Å²) in [4.78, 5) is 13.9. The average molecular weight is 280 g/mol. The highest BCUT2D eigenvalue weighted by Crippen LogP contribution is 2.21. The van der Waals surface area contributed by atoms with E-state index in [1.807, 2.05) is 16.8 Å². The van der Waals surface area contributed by atoms with Gasteiger partial charge in [0.05, 0.1) is 11.0 Å². The fourth-order valence-corrected chi connectivity index (χ4v) is 2.21. The fourth-order valence-electron chi connectivity index (χ4n) is 1.50. The van der Waals surface area contributed by atoms with Crippen molar-refractivity contribution in [1.82, 2.24) is 4.98 Å². The second kappa shape index (κ2) is 5.63. The monoisotopic (exact) mass is 280 g/mol. The maximum Gasteiger partial charge on any atom is 0.311 e. The molecule has 100 valence electrons. The molecule has 1 atom stereocenters. The van der Waals surface area contributed by atoms with Crippen LogP contribution in [0.15, 0.2) is 29.0 Å². The van der Waals surface area contributed by atoms with Crippen molar-refractivity contribution < 1.29 is 10.0 Å². The van der Waals surface area contributed by atoms with Crippen molar-refractivity contribution in [2.45, 2.75) is 6.10 Å². The zero-order valence-corrected chi connectivity index (χ0v) is 10.6. The zero-order chi connectivity index (χ0) is 13.8. The number of nitro groups is 1. The first kappa shape index (κ1) is 13.2. The molecule has 0 amide bonds. The minimum absolute atomic E-state index is 0.153. The molecule has 0 saturated heterocycles. The predicted molar refractivity (Wildman–Crippen MR) is 73.1 cm³/mol. The van der Waals surface area contributed by atoms with Crippen molar-refractivity contribution in [3.05, 3.63) is 44.6 Å². The molecule has 0 aliphatic heterocycles. The Balaban J connectivity index is 2.00. The van der Waals surface area contributed by atoms with E-state index in [0.717, 1.165) is 5.56 Å². The van der Waals surface area contributed by atoms with E-state index < -0.39 is 11.0 Å². The number of hydrogen-bond donors (Lipinski definition) is 3. The van der Waals surface area contributed by atoms with Crippen molar-refractivity contribution >= 4 is 28.7 Å². The van der Waals surface area contributed by atoms with Crippen LogP contribution in [0.25, 0.3) is 0 Å². The standard InChI is InChI=1S/C11H12N4O3S/c12-11-8(15(17)18)1-2-10(14-11)13-5-9(16)7-3-4-19-6-7/h1-4,6,9,16H,5H2,(H3,12,13,14). The van der Waals surface area contributed by atoms with Crippen LogP contribution in [0.4, 0.5) is 17.3 Å². The average Bonchev–Trinajstić information content (AvgIpc) is 2.89. The van der Waals surface area contributed by atoms with E-state index >= 15 is 0 Å². The van der Waals surface area contributed by atoms with Crippen molar-refractivity contribution in [2.75, 3.05) is 17.6 Å². The van der Waals surface area contributed by atoms with E-state index in [9.17, 15) is 15.2 Å². The number of rotatable bonds is 5. The van der Waals surface area contributed by atoms with Crippen LogP contribution in [-0.4, -0.2) is 21.6 Å². The first-order valence-corrected chi connectivity index (χ1v) is 6.37. The van der Waals surface area contributed by atoms with Gasteiger partial charge in [0, 0.05) is 12.6 Å². The third-order valence-electron chi connectivity index (χ3n) is 2.50. The molecule has 0 saturated carbocycles. The van der Waals surface area contributed by atoms with Crippen molar-refractivity contribution in [1.29, 1.82) is 0 Å². The maximum absolute atomic E-state index is 10.6. The summed E-state index contributed by atoms with van der Waals surface area (Å²) in [6.45, 7) is 0.251. The Bertz CT molecular complexity index is 573. The number of aliphatic hydroxyl groups is 1. The molecule has 0 aromatic carbocycles. The molecule has 0 fully saturated rings. The summed E-state index contributed by atoms with van der Waals surface area (Å²) in [5.74, 6) is 0.234. The highest BCUT2D eigenvalue weighted by atomic mass is 32.1. The molecule has 0 spiro atoms. The number of nitrogen functional groups attached to an aromatic ring is 1. The van der Waals surface area contributed by atoms with Crippen LogP contribution in [0.1, 0.15) is 11.7 Å². The van der Waals surface area contributed by atoms with Crippen molar-refractivity contribution in [2.24, 2.45) is 0 Å². The molecule has 0 bridgehead atoms. The number of aliphatic hydroxyl groups excluding tert-OH is 1. The molecule has 7 nitrogen and oxygen atoms in total. The van der Waals surface area contributed by atoms with Gasteiger partial charge in [-0.15, -0.1) is 0 Å². The Morgan fingerprint density at radius 3 is 2.89 bits per heavy atom. The molecule has 2 rings (SSSR count). The quantitative estimate of drug-likeness (QED) is 0.568. The third-order valence-corrected chi connectivity index (χ3v) is 3.21. The first-order valence-electron chi connectivity index (χ1n) is 5.43. The molecule has 0 radical (unpaired) electrons. The van der Waals surface area contributed by atoms with Gasteiger partial charge in [-0.05, 0) is 28.5 Å². The molecular formula is C11H12N4O3S. The summed E-state index contributed by atoms with van der Waals surface area (Å²) >= 11 is 1.50. The van der Waals surface area contributed by atoms with Crippen LogP contribution in [0.5, 0.6) is 0 Å².